The molecule has 0 amide bonds. The lowest BCUT2D eigenvalue weighted by Crippen LogP contribution is -2.46. The highest BCUT2D eigenvalue weighted by Crippen LogP contribution is 2.37. The maximum atomic E-state index is 13.1. The van der Waals surface area contributed by atoms with Gasteiger partial charge in [0.1, 0.15) is 11.3 Å². The number of pyridine rings is 1. The Morgan fingerprint density at radius 2 is 1.91 bits per heavy atom. The number of hydrogen-bond donors (Lipinski definition) is 1. The normalized spacial score (nSPS) is 17.9. The molecule has 2 heterocycles. The zero-order chi connectivity index (χ0) is 24.0. The first-order chi connectivity index (χ1) is 14.8. The summed E-state index contributed by atoms with van der Waals surface area (Å²) >= 11 is 0. The minimum Gasteiger partial charge on any atom is -0.477 e. The Balaban J connectivity index is 2.52. The van der Waals surface area contributed by atoms with E-state index in [9.17, 15) is 23.5 Å². The number of ether oxygens (including phenoxy) is 1. The molecule has 0 spiro atoms. The first kappa shape index (κ1) is 23.5. The average Bonchev–Trinajstić information content (AvgIpc) is 2.65. The molecule has 1 atom stereocenters. The van der Waals surface area contributed by atoms with Gasteiger partial charge in [-0.15, -0.1) is 0 Å². The van der Waals surface area contributed by atoms with Crippen LogP contribution < -0.4 is 20.6 Å². The Hall–Kier alpha value is -3.16. The predicted octanol–water partition coefficient (Wildman–Crippen LogP) is 3.03. The Bertz CT molecular complexity index is 1240. The van der Waals surface area contributed by atoms with Crippen molar-refractivity contribution in [3.63, 3.8) is 0 Å². The highest BCUT2D eigenvalue weighted by atomic mass is 19.3. The molecule has 172 valence electrons. The summed E-state index contributed by atoms with van der Waals surface area (Å²) in [5.74, 6) is -1.24. The molecule has 0 saturated carbocycles. The van der Waals surface area contributed by atoms with E-state index in [0.717, 1.165) is 5.57 Å². The summed E-state index contributed by atoms with van der Waals surface area (Å²) < 4.78 is 32.7. The van der Waals surface area contributed by atoms with Crippen LogP contribution >= 0.6 is 0 Å². The second kappa shape index (κ2) is 8.41. The van der Waals surface area contributed by atoms with Gasteiger partial charge < -0.3 is 19.3 Å². The molecule has 8 heteroatoms. The first-order valence-electron chi connectivity index (χ1n) is 10.3. The van der Waals surface area contributed by atoms with Gasteiger partial charge in [0.05, 0.1) is 17.4 Å². The fourth-order valence-electron chi connectivity index (χ4n) is 4.27. The third-order valence-electron chi connectivity index (χ3n) is 5.71. The number of aromatic nitrogens is 1. The molecule has 1 unspecified atom stereocenters. The second-order valence-electron chi connectivity index (χ2n) is 9.32. The van der Waals surface area contributed by atoms with Crippen molar-refractivity contribution in [3.05, 3.63) is 62.4 Å². The highest BCUT2D eigenvalue weighted by Gasteiger charge is 2.35. The van der Waals surface area contributed by atoms with Crippen LogP contribution in [0.25, 0.3) is 11.3 Å². The van der Waals surface area contributed by atoms with E-state index in [0.29, 0.717) is 28.4 Å². The lowest BCUT2D eigenvalue weighted by molar-refractivity contribution is -0.0505. The van der Waals surface area contributed by atoms with Crippen LogP contribution in [0.15, 0.2) is 35.3 Å². The van der Waals surface area contributed by atoms with Crippen molar-refractivity contribution in [2.45, 2.75) is 47.3 Å². The van der Waals surface area contributed by atoms with Crippen molar-refractivity contribution in [1.29, 1.82) is 0 Å². The van der Waals surface area contributed by atoms with Crippen LogP contribution in [0.2, 0.25) is 0 Å². The van der Waals surface area contributed by atoms with Gasteiger partial charge in [0.2, 0.25) is 0 Å². The van der Waals surface area contributed by atoms with E-state index in [1.807, 2.05) is 37.3 Å². The zero-order valence-corrected chi connectivity index (χ0v) is 19.1. The zero-order valence-electron chi connectivity index (χ0n) is 19.1. The van der Waals surface area contributed by atoms with Crippen molar-refractivity contribution in [1.82, 2.24) is 9.47 Å². The number of alkyl halides is 2. The van der Waals surface area contributed by atoms with Crippen LogP contribution in [0.3, 0.4) is 0 Å². The largest absolute Gasteiger partial charge is 0.477 e. The van der Waals surface area contributed by atoms with E-state index in [1.54, 1.807) is 26.0 Å². The van der Waals surface area contributed by atoms with E-state index in [4.69, 9.17) is 4.74 Å². The van der Waals surface area contributed by atoms with Crippen molar-refractivity contribution in [2.24, 2.45) is 5.41 Å². The number of carbonyl (C=O) groups is 1. The molecule has 0 saturated heterocycles. The van der Waals surface area contributed by atoms with Gasteiger partial charge in [0, 0.05) is 36.3 Å². The van der Waals surface area contributed by atoms with Gasteiger partial charge >= 0.3 is 12.6 Å². The molecule has 0 aliphatic carbocycles. The topological polar surface area (TPSA) is 71.8 Å². The Morgan fingerprint density at radius 1 is 1.25 bits per heavy atom. The first-order valence-corrected chi connectivity index (χ1v) is 10.3. The van der Waals surface area contributed by atoms with Gasteiger partial charge in [-0.3, -0.25) is 4.79 Å². The molecule has 1 aromatic heterocycles. The predicted molar refractivity (Wildman–Crippen MR) is 118 cm³/mol. The molecular weight excluding hydrogens is 418 g/mol. The summed E-state index contributed by atoms with van der Waals surface area (Å²) in [5, 5.41) is 10.7. The molecule has 1 aliphatic rings. The van der Waals surface area contributed by atoms with Gasteiger partial charge in [0.25, 0.3) is 0 Å². The maximum Gasteiger partial charge on any atom is 0.387 e. The minimum absolute atomic E-state index is 0.0485. The average molecular weight is 446 g/mol. The molecule has 1 aromatic carbocycles. The summed E-state index contributed by atoms with van der Waals surface area (Å²) in [5.41, 5.74) is 0.797. The van der Waals surface area contributed by atoms with Crippen LogP contribution in [-0.4, -0.2) is 40.7 Å². The van der Waals surface area contributed by atoms with Gasteiger partial charge in [0.15, 0.2) is 5.43 Å². The fourth-order valence-corrected chi connectivity index (χ4v) is 4.27. The molecule has 0 fully saturated rings. The lowest BCUT2D eigenvalue weighted by Gasteiger charge is -2.43. The summed E-state index contributed by atoms with van der Waals surface area (Å²) in [4.78, 5) is 26.3. The van der Waals surface area contributed by atoms with Crippen molar-refractivity contribution in [2.75, 3.05) is 13.6 Å². The number of carboxylic acids is 1. The molecule has 1 aliphatic heterocycles. The number of halogens is 2. The number of hydrogen-bond acceptors (Lipinski definition) is 4. The monoisotopic (exact) mass is 446 g/mol. The van der Waals surface area contributed by atoms with E-state index < -0.39 is 18.0 Å². The molecule has 1 N–H and O–H groups in total. The Labute approximate surface area is 185 Å². The maximum absolute atomic E-state index is 13.1. The molecule has 32 heavy (non-hydrogen) atoms. The summed E-state index contributed by atoms with van der Waals surface area (Å²) in [6.45, 7) is 7.31. The highest BCUT2D eigenvalue weighted by molar-refractivity contribution is 5.87. The molecule has 0 radical (unpaired) electrons. The molecule has 0 bridgehead atoms. The Morgan fingerprint density at radius 3 is 2.44 bits per heavy atom. The van der Waals surface area contributed by atoms with Gasteiger partial charge in [-0.1, -0.05) is 38.5 Å². The molecular formula is C24H28F2N2O4. The third kappa shape index (κ3) is 4.26. The summed E-state index contributed by atoms with van der Waals surface area (Å²) in [6, 6.07) is 6.11. The minimum atomic E-state index is -2.98. The number of nitrogens with zero attached hydrogens (tertiary/aromatic N) is 2. The second-order valence-corrected chi connectivity index (χ2v) is 9.32. The van der Waals surface area contributed by atoms with Crippen LogP contribution in [0.4, 0.5) is 8.78 Å². The van der Waals surface area contributed by atoms with Crippen molar-refractivity contribution < 1.29 is 23.4 Å². The number of aromatic carboxylic acids is 1. The van der Waals surface area contributed by atoms with Gasteiger partial charge in [-0.05, 0) is 25.3 Å². The lowest BCUT2D eigenvalue weighted by atomic mass is 9.84. The SMILES string of the molecule is CC(C)=c1c(OC(F)F)ccc/c1=C1\c2cc(=O)c(C(=O)O)cn2C(C(C)(C)C)CN1C. The van der Waals surface area contributed by atoms with Crippen LogP contribution in [-0.2, 0) is 0 Å². The van der Waals surface area contributed by atoms with E-state index in [2.05, 4.69) is 0 Å². The number of likely N-dealkylation sites (N-methyl/N-ethyl adjacent to an activating group) is 1. The number of benzene rings is 1. The van der Waals surface area contributed by atoms with E-state index in [1.165, 1.54) is 18.3 Å². The standard InChI is InChI=1S/C24H28F2N2O4/c1-13(2)20-14(8-7-9-18(20)32-23(25)26)21-16-10-17(29)15(22(30)31)11-28(16)19(12-27(21)6)24(3,4)5/h7-11,19,23H,12H2,1-6H3,(H,30,31)/b21-14-. The van der Waals surface area contributed by atoms with Gasteiger partial charge in [-0.2, -0.15) is 8.78 Å². The van der Waals surface area contributed by atoms with E-state index >= 15 is 0 Å². The quantitative estimate of drug-likeness (QED) is 0.785. The number of rotatable bonds is 3. The van der Waals surface area contributed by atoms with Crippen LogP contribution in [0.1, 0.15) is 56.7 Å². The fraction of sp³-hybridized carbons (Fsp3) is 0.417. The van der Waals surface area contributed by atoms with Gasteiger partial charge in [-0.25, -0.2) is 4.79 Å². The van der Waals surface area contributed by atoms with Crippen LogP contribution in [0.5, 0.6) is 5.75 Å². The smallest absolute Gasteiger partial charge is 0.387 e. The van der Waals surface area contributed by atoms with Crippen LogP contribution in [0, 0.1) is 5.41 Å². The molecule has 3 rings (SSSR count). The van der Waals surface area contributed by atoms with Crippen molar-refractivity contribution >= 4 is 17.2 Å². The van der Waals surface area contributed by atoms with Crippen molar-refractivity contribution in [3.8, 4) is 5.75 Å². The third-order valence-corrected chi connectivity index (χ3v) is 5.71. The number of fused-ring (bicyclic) bond motifs is 1. The summed E-state index contributed by atoms with van der Waals surface area (Å²) in [6.07, 6.45) is 1.39. The summed E-state index contributed by atoms with van der Waals surface area (Å²) in [7, 11) is 1.88. The Kier molecular flexibility index (Phi) is 6.18. The molecule has 6 nitrogen and oxygen atoms in total. The van der Waals surface area contributed by atoms with E-state index in [-0.39, 0.29) is 22.8 Å². The number of carboxylic acid groups (broad SMARTS) is 1. The molecule has 2 aromatic rings.